The summed E-state index contributed by atoms with van der Waals surface area (Å²) in [7, 11) is 1.45. The van der Waals surface area contributed by atoms with Crippen LogP contribution in [0.3, 0.4) is 0 Å². The van der Waals surface area contributed by atoms with Crippen molar-refractivity contribution in [2.24, 2.45) is 11.8 Å². The first kappa shape index (κ1) is 10.3. The smallest absolute Gasteiger partial charge is 0.334 e. The van der Waals surface area contributed by atoms with Gasteiger partial charge in [-0.2, -0.15) is 0 Å². The van der Waals surface area contributed by atoms with Gasteiger partial charge in [0, 0.05) is 17.4 Å². The Hall–Kier alpha value is -1.83. The lowest BCUT2D eigenvalue weighted by molar-refractivity contribution is -0.136. The van der Waals surface area contributed by atoms with Gasteiger partial charge in [0.25, 0.3) is 0 Å². The van der Waals surface area contributed by atoms with Gasteiger partial charge in [0.15, 0.2) is 0 Å². The maximum Gasteiger partial charge on any atom is 0.334 e. The molecule has 2 heteroatoms. The van der Waals surface area contributed by atoms with Crippen molar-refractivity contribution in [3.05, 3.63) is 53.6 Å². The van der Waals surface area contributed by atoms with Crippen molar-refractivity contribution in [2.75, 3.05) is 7.11 Å². The van der Waals surface area contributed by atoms with Crippen LogP contribution in [-0.4, -0.2) is 13.1 Å². The molecule has 0 fully saturated rings. The first-order valence-electron chi connectivity index (χ1n) is 5.87. The Kier molecular flexibility index (Phi) is 2.36. The van der Waals surface area contributed by atoms with Crippen molar-refractivity contribution >= 4 is 11.5 Å². The van der Waals surface area contributed by atoms with Crippen LogP contribution in [0.4, 0.5) is 0 Å². The lowest BCUT2D eigenvalue weighted by Gasteiger charge is -2.14. The van der Waals surface area contributed by atoms with E-state index in [1.54, 1.807) is 0 Å². The molecule has 0 unspecified atom stereocenters. The number of esters is 1. The van der Waals surface area contributed by atoms with E-state index in [1.165, 1.54) is 7.11 Å². The van der Waals surface area contributed by atoms with E-state index in [9.17, 15) is 4.79 Å². The number of allylic oxidation sites excluding steroid dienone is 3. The molecular weight excluding hydrogens is 212 g/mol. The van der Waals surface area contributed by atoms with E-state index in [-0.39, 0.29) is 11.9 Å². The monoisotopic (exact) mass is 226 g/mol. The summed E-state index contributed by atoms with van der Waals surface area (Å²) in [6.45, 7) is 0. The number of methoxy groups -OCH3 is 1. The highest BCUT2D eigenvalue weighted by Crippen LogP contribution is 2.48. The fourth-order valence-corrected chi connectivity index (χ4v) is 2.89. The molecule has 2 atom stereocenters. The lowest BCUT2D eigenvalue weighted by Crippen LogP contribution is -2.11. The van der Waals surface area contributed by atoms with Gasteiger partial charge in [-0.15, -0.1) is 0 Å². The Morgan fingerprint density at radius 1 is 1.18 bits per heavy atom. The zero-order valence-electron chi connectivity index (χ0n) is 9.72. The fraction of sp³-hybridized carbons (Fsp3) is 0.267. The number of hydrogen-bond acceptors (Lipinski definition) is 2. The molecule has 0 amide bonds. The molecule has 0 radical (unpaired) electrons. The Balaban J connectivity index is 2.11. The Morgan fingerprint density at radius 2 is 1.88 bits per heavy atom. The van der Waals surface area contributed by atoms with Crippen molar-refractivity contribution < 1.29 is 9.53 Å². The van der Waals surface area contributed by atoms with Gasteiger partial charge in [-0.25, -0.2) is 4.79 Å². The number of carbonyl (C=O) groups excluding carboxylic acids is 1. The average molecular weight is 226 g/mol. The van der Waals surface area contributed by atoms with E-state index >= 15 is 0 Å². The summed E-state index contributed by atoms with van der Waals surface area (Å²) in [5, 5.41) is 0. The van der Waals surface area contributed by atoms with E-state index in [4.69, 9.17) is 4.74 Å². The first-order chi connectivity index (χ1) is 8.31. The minimum absolute atomic E-state index is 0.180. The molecule has 0 saturated carbocycles. The Bertz CT molecular complexity index is 511. The molecule has 0 spiro atoms. The van der Waals surface area contributed by atoms with Crippen molar-refractivity contribution in [1.29, 1.82) is 0 Å². The number of benzene rings is 1. The minimum Gasteiger partial charge on any atom is -0.466 e. The van der Waals surface area contributed by atoms with Gasteiger partial charge in [-0.3, -0.25) is 0 Å². The molecule has 1 aromatic rings. The highest BCUT2D eigenvalue weighted by molar-refractivity contribution is 6.01. The zero-order valence-corrected chi connectivity index (χ0v) is 9.72. The van der Waals surface area contributed by atoms with Crippen molar-refractivity contribution in [2.45, 2.75) is 6.42 Å². The maximum atomic E-state index is 11.9. The highest BCUT2D eigenvalue weighted by Gasteiger charge is 2.39. The Labute approximate surface area is 101 Å². The standard InChI is InChI=1S/C15H14O2/c1-17-15(16)14-12-8-7-11(9-12)13(14)10-5-3-2-4-6-10/h2-8,11-12H,9H2,1H3/t11-,12+/m1/s1. The van der Waals surface area contributed by atoms with Gasteiger partial charge >= 0.3 is 5.97 Å². The molecule has 2 aliphatic carbocycles. The average Bonchev–Trinajstić information content (AvgIpc) is 2.99. The fourth-order valence-electron chi connectivity index (χ4n) is 2.89. The third-order valence-electron chi connectivity index (χ3n) is 3.61. The van der Waals surface area contributed by atoms with E-state index in [1.807, 2.05) is 18.2 Å². The first-order valence-corrected chi connectivity index (χ1v) is 5.87. The van der Waals surface area contributed by atoms with Crippen LogP contribution in [0.25, 0.3) is 5.57 Å². The number of hydrogen-bond donors (Lipinski definition) is 0. The quantitative estimate of drug-likeness (QED) is 0.572. The van der Waals surface area contributed by atoms with Gasteiger partial charge in [-0.1, -0.05) is 42.5 Å². The van der Waals surface area contributed by atoms with Crippen LogP contribution in [0.1, 0.15) is 12.0 Å². The molecule has 0 heterocycles. The van der Waals surface area contributed by atoms with Crippen molar-refractivity contribution in [3.63, 3.8) is 0 Å². The van der Waals surface area contributed by atoms with E-state index in [0.717, 1.165) is 23.1 Å². The van der Waals surface area contributed by atoms with E-state index < -0.39 is 0 Å². The SMILES string of the molecule is COC(=O)C1=C(c2ccccc2)[C@@H]2C=C[C@H]1C2. The number of carbonyl (C=O) groups is 1. The summed E-state index contributed by atoms with van der Waals surface area (Å²) in [4.78, 5) is 11.9. The van der Waals surface area contributed by atoms with Crippen molar-refractivity contribution in [1.82, 2.24) is 0 Å². The largest absolute Gasteiger partial charge is 0.466 e. The van der Waals surface area contributed by atoms with Gasteiger partial charge in [0.1, 0.15) is 0 Å². The summed E-state index contributed by atoms with van der Waals surface area (Å²) >= 11 is 0. The molecule has 0 aromatic heterocycles. The van der Waals surface area contributed by atoms with Gasteiger partial charge in [0.2, 0.25) is 0 Å². The third-order valence-corrected chi connectivity index (χ3v) is 3.61. The van der Waals surface area contributed by atoms with Crippen molar-refractivity contribution in [3.8, 4) is 0 Å². The summed E-state index contributed by atoms with van der Waals surface area (Å²) in [6, 6.07) is 10.1. The predicted octanol–water partition coefficient (Wildman–Crippen LogP) is 2.82. The molecule has 2 nitrogen and oxygen atoms in total. The minimum atomic E-state index is -0.180. The van der Waals surface area contributed by atoms with Gasteiger partial charge < -0.3 is 4.74 Å². The second-order valence-electron chi connectivity index (χ2n) is 4.52. The summed E-state index contributed by atoms with van der Waals surface area (Å²) < 4.78 is 4.91. The number of fused-ring (bicyclic) bond motifs is 2. The molecular formula is C15H14O2. The third kappa shape index (κ3) is 1.52. The normalized spacial score (nSPS) is 25.5. The van der Waals surface area contributed by atoms with E-state index in [0.29, 0.717) is 5.92 Å². The van der Waals surface area contributed by atoms with Crippen LogP contribution in [0.5, 0.6) is 0 Å². The second kappa shape index (κ2) is 3.88. The van der Waals surface area contributed by atoms with Crippen LogP contribution >= 0.6 is 0 Å². The molecule has 2 aliphatic rings. The molecule has 0 saturated heterocycles. The molecule has 1 aromatic carbocycles. The lowest BCUT2D eigenvalue weighted by atomic mass is 9.91. The molecule has 17 heavy (non-hydrogen) atoms. The molecule has 0 aliphatic heterocycles. The molecule has 3 rings (SSSR count). The zero-order chi connectivity index (χ0) is 11.8. The highest BCUT2D eigenvalue weighted by atomic mass is 16.5. The van der Waals surface area contributed by atoms with Crippen LogP contribution in [0, 0.1) is 11.8 Å². The number of rotatable bonds is 2. The Morgan fingerprint density at radius 3 is 2.59 bits per heavy atom. The van der Waals surface area contributed by atoms with Crippen LogP contribution in [0.2, 0.25) is 0 Å². The summed E-state index contributed by atoms with van der Waals surface area (Å²) in [6.07, 6.45) is 5.36. The predicted molar refractivity (Wildman–Crippen MR) is 66.1 cm³/mol. The summed E-state index contributed by atoms with van der Waals surface area (Å²) in [5.41, 5.74) is 3.15. The second-order valence-corrected chi connectivity index (χ2v) is 4.52. The molecule has 2 bridgehead atoms. The summed E-state index contributed by atoms with van der Waals surface area (Å²) in [5.74, 6) is 0.458. The van der Waals surface area contributed by atoms with Crippen LogP contribution in [-0.2, 0) is 9.53 Å². The van der Waals surface area contributed by atoms with E-state index in [2.05, 4.69) is 24.3 Å². The van der Waals surface area contributed by atoms with Crippen LogP contribution < -0.4 is 0 Å². The molecule has 86 valence electrons. The maximum absolute atomic E-state index is 11.9. The van der Waals surface area contributed by atoms with Gasteiger partial charge in [-0.05, 0) is 17.6 Å². The molecule has 0 N–H and O–H groups in total. The van der Waals surface area contributed by atoms with Gasteiger partial charge in [0.05, 0.1) is 7.11 Å². The van der Waals surface area contributed by atoms with Crippen LogP contribution in [0.15, 0.2) is 48.1 Å². The number of ether oxygens (including phenoxy) is 1. The topological polar surface area (TPSA) is 26.3 Å².